The van der Waals surface area contributed by atoms with Crippen LogP contribution in [-0.2, 0) is 9.47 Å². The molecule has 96 valence electrons. The second kappa shape index (κ2) is 6.00. The molecule has 7 heteroatoms. The van der Waals surface area contributed by atoms with Gasteiger partial charge >= 0.3 is 12.3 Å². The standard InChI is InChI=1S/C9H19NO6/c1-8(2,3)16-7(11)10-5-4-6-15-9(12,13)14/h12-14H,4-6H2,1-3H3,(H,10,11). The Morgan fingerprint density at radius 2 is 1.81 bits per heavy atom. The second-order valence-corrected chi connectivity index (χ2v) is 4.20. The summed E-state index contributed by atoms with van der Waals surface area (Å²) in [6, 6.07) is 0. The monoisotopic (exact) mass is 237 g/mol. The van der Waals surface area contributed by atoms with Crippen molar-refractivity contribution in [3.63, 3.8) is 0 Å². The number of carbonyl (C=O) groups is 1. The summed E-state index contributed by atoms with van der Waals surface area (Å²) in [4.78, 5) is 11.1. The maximum absolute atomic E-state index is 11.1. The van der Waals surface area contributed by atoms with Gasteiger partial charge in [0.15, 0.2) is 0 Å². The summed E-state index contributed by atoms with van der Waals surface area (Å²) in [6.45, 7) is 5.36. The lowest BCUT2D eigenvalue weighted by atomic mass is 10.2. The topological polar surface area (TPSA) is 108 Å². The predicted octanol–water partition coefficient (Wildman–Crippen LogP) is -0.494. The Morgan fingerprint density at radius 3 is 2.25 bits per heavy atom. The summed E-state index contributed by atoms with van der Waals surface area (Å²) in [5, 5.41) is 27.5. The van der Waals surface area contributed by atoms with Crippen LogP contribution in [0.4, 0.5) is 4.79 Å². The largest absolute Gasteiger partial charge is 0.444 e. The molecule has 4 N–H and O–H groups in total. The highest BCUT2D eigenvalue weighted by Crippen LogP contribution is 2.06. The summed E-state index contributed by atoms with van der Waals surface area (Å²) in [7, 11) is 0. The van der Waals surface area contributed by atoms with Crippen molar-refractivity contribution >= 4 is 6.09 Å². The first-order valence-corrected chi connectivity index (χ1v) is 4.88. The van der Waals surface area contributed by atoms with Crippen molar-refractivity contribution in [1.29, 1.82) is 0 Å². The van der Waals surface area contributed by atoms with E-state index in [4.69, 9.17) is 20.1 Å². The van der Waals surface area contributed by atoms with E-state index in [1.54, 1.807) is 20.8 Å². The van der Waals surface area contributed by atoms with Crippen molar-refractivity contribution in [2.24, 2.45) is 0 Å². The second-order valence-electron chi connectivity index (χ2n) is 4.20. The average Bonchev–Trinajstić information content (AvgIpc) is 1.97. The summed E-state index contributed by atoms with van der Waals surface area (Å²) in [5.41, 5.74) is -0.558. The molecule has 0 saturated heterocycles. The third-order valence-corrected chi connectivity index (χ3v) is 1.29. The Kier molecular flexibility index (Phi) is 5.66. The molecule has 0 fully saturated rings. The van der Waals surface area contributed by atoms with Gasteiger partial charge in [-0.15, -0.1) is 0 Å². The van der Waals surface area contributed by atoms with E-state index in [0.29, 0.717) is 6.42 Å². The highest BCUT2D eigenvalue weighted by Gasteiger charge is 2.18. The van der Waals surface area contributed by atoms with E-state index < -0.39 is 17.9 Å². The molecular weight excluding hydrogens is 218 g/mol. The summed E-state index contributed by atoms with van der Waals surface area (Å²) < 4.78 is 9.13. The molecule has 0 aromatic carbocycles. The van der Waals surface area contributed by atoms with Gasteiger partial charge < -0.3 is 30.1 Å². The van der Waals surface area contributed by atoms with Crippen LogP contribution in [-0.4, -0.2) is 46.3 Å². The minimum Gasteiger partial charge on any atom is -0.444 e. The van der Waals surface area contributed by atoms with Gasteiger partial charge in [-0.2, -0.15) is 0 Å². The van der Waals surface area contributed by atoms with Gasteiger partial charge in [0.05, 0.1) is 6.61 Å². The van der Waals surface area contributed by atoms with Gasteiger partial charge in [-0.05, 0) is 27.2 Å². The molecule has 0 saturated carbocycles. The Morgan fingerprint density at radius 1 is 1.25 bits per heavy atom. The van der Waals surface area contributed by atoms with E-state index in [2.05, 4.69) is 10.1 Å². The Labute approximate surface area is 94.0 Å². The van der Waals surface area contributed by atoms with Gasteiger partial charge in [0.1, 0.15) is 5.60 Å². The first-order chi connectivity index (χ1) is 7.10. The van der Waals surface area contributed by atoms with Crippen molar-refractivity contribution in [2.75, 3.05) is 13.2 Å². The molecule has 0 rings (SSSR count). The first-order valence-electron chi connectivity index (χ1n) is 4.88. The summed E-state index contributed by atoms with van der Waals surface area (Å²) in [6.07, 6.45) is -3.37. The summed E-state index contributed by atoms with van der Waals surface area (Å²) in [5.74, 6) is 0. The predicted molar refractivity (Wildman–Crippen MR) is 54.2 cm³/mol. The van der Waals surface area contributed by atoms with E-state index in [0.717, 1.165) is 0 Å². The minimum atomic E-state index is -3.12. The van der Waals surface area contributed by atoms with Crippen molar-refractivity contribution < 1.29 is 29.6 Å². The molecule has 0 spiro atoms. The van der Waals surface area contributed by atoms with Crippen LogP contribution in [0.1, 0.15) is 27.2 Å². The van der Waals surface area contributed by atoms with E-state index in [1.807, 2.05) is 0 Å². The average molecular weight is 237 g/mol. The van der Waals surface area contributed by atoms with Gasteiger partial charge in [-0.3, -0.25) is 0 Å². The lowest BCUT2D eigenvalue weighted by Gasteiger charge is -2.19. The maximum Gasteiger partial charge on any atom is 0.407 e. The molecule has 0 heterocycles. The Bertz CT molecular complexity index is 217. The smallest absolute Gasteiger partial charge is 0.407 e. The van der Waals surface area contributed by atoms with Crippen molar-refractivity contribution in [3.8, 4) is 0 Å². The van der Waals surface area contributed by atoms with Crippen molar-refractivity contribution in [2.45, 2.75) is 39.0 Å². The lowest BCUT2D eigenvalue weighted by molar-refractivity contribution is -0.454. The van der Waals surface area contributed by atoms with Crippen LogP contribution < -0.4 is 5.32 Å². The molecule has 0 aliphatic carbocycles. The number of rotatable bonds is 5. The third-order valence-electron chi connectivity index (χ3n) is 1.29. The van der Waals surface area contributed by atoms with Crippen LogP contribution in [0.15, 0.2) is 0 Å². The molecule has 0 radical (unpaired) electrons. The van der Waals surface area contributed by atoms with Gasteiger partial charge in [-0.1, -0.05) is 0 Å². The number of carbonyl (C=O) groups excluding carboxylic acids is 1. The molecule has 16 heavy (non-hydrogen) atoms. The fourth-order valence-electron chi connectivity index (χ4n) is 0.786. The molecular formula is C9H19NO6. The van der Waals surface area contributed by atoms with Crippen LogP contribution in [0.5, 0.6) is 0 Å². The van der Waals surface area contributed by atoms with Gasteiger partial charge in [0.25, 0.3) is 0 Å². The zero-order chi connectivity index (χ0) is 12.8. The molecule has 0 aliphatic heterocycles. The number of hydrogen-bond acceptors (Lipinski definition) is 6. The van der Waals surface area contributed by atoms with Gasteiger partial charge in [0, 0.05) is 6.54 Å². The quantitative estimate of drug-likeness (QED) is 0.379. The van der Waals surface area contributed by atoms with Gasteiger partial charge in [-0.25, -0.2) is 4.79 Å². The minimum absolute atomic E-state index is 0.112. The number of ether oxygens (including phenoxy) is 2. The first kappa shape index (κ1) is 15.1. The SMILES string of the molecule is CC(C)(C)OC(=O)NCCCOC(O)(O)O. The van der Waals surface area contributed by atoms with E-state index in [-0.39, 0.29) is 13.2 Å². The lowest BCUT2D eigenvalue weighted by Crippen LogP contribution is -2.35. The highest BCUT2D eigenvalue weighted by molar-refractivity contribution is 5.67. The fourth-order valence-corrected chi connectivity index (χ4v) is 0.786. The number of hydrogen-bond donors (Lipinski definition) is 4. The van der Waals surface area contributed by atoms with Gasteiger partial charge in [0.2, 0.25) is 0 Å². The maximum atomic E-state index is 11.1. The molecule has 0 aromatic heterocycles. The number of aliphatic hydroxyl groups is 3. The third kappa shape index (κ3) is 11.2. The molecule has 1 amide bonds. The molecule has 0 atom stereocenters. The molecule has 0 aromatic rings. The van der Waals surface area contributed by atoms with Crippen LogP contribution in [0, 0.1) is 0 Å². The van der Waals surface area contributed by atoms with E-state index in [1.165, 1.54) is 0 Å². The fraction of sp³-hybridized carbons (Fsp3) is 0.889. The van der Waals surface area contributed by atoms with Crippen LogP contribution >= 0.6 is 0 Å². The number of alkyl carbamates (subject to hydrolysis) is 1. The Hall–Kier alpha value is -0.890. The molecule has 7 nitrogen and oxygen atoms in total. The molecule has 0 unspecified atom stereocenters. The van der Waals surface area contributed by atoms with E-state index in [9.17, 15) is 4.79 Å². The van der Waals surface area contributed by atoms with Crippen LogP contribution in [0.25, 0.3) is 0 Å². The van der Waals surface area contributed by atoms with Crippen molar-refractivity contribution in [3.05, 3.63) is 0 Å². The number of nitrogens with one attached hydrogen (secondary N) is 1. The zero-order valence-electron chi connectivity index (χ0n) is 9.69. The Balaban J connectivity index is 3.50. The summed E-state index contributed by atoms with van der Waals surface area (Å²) >= 11 is 0. The zero-order valence-corrected chi connectivity index (χ0v) is 9.69. The molecule has 0 bridgehead atoms. The number of amides is 1. The van der Waals surface area contributed by atoms with E-state index >= 15 is 0 Å². The molecule has 0 aliphatic rings. The van der Waals surface area contributed by atoms with Crippen molar-refractivity contribution in [1.82, 2.24) is 5.32 Å². The van der Waals surface area contributed by atoms with Crippen LogP contribution in [0.3, 0.4) is 0 Å². The highest BCUT2D eigenvalue weighted by atomic mass is 16.9. The normalized spacial score (nSPS) is 12.4. The van der Waals surface area contributed by atoms with Crippen LogP contribution in [0.2, 0.25) is 0 Å².